The van der Waals surface area contributed by atoms with Crippen molar-refractivity contribution in [3.63, 3.8) is 0 Å². The minimum Gasteiger partial charge on any atom is -0.494 e. The minimum atomic E-state index is -0.560. The summed E-state index contributed by atoms with van der Waals surface area (Å²) in [4.78, 5) is 16.1. The Morgan fingerprint density at radius 1 is 1.25 bits per heavy atom. The van der Waals surface area contributed by atoms with E-state index in [9.17, 15) is 4.79 Å². The third kappa shape index (κ3) is 2.83. The second kappa shape index (κ2) is 6.53. The molecule has 0 bridgehead atoms. The normalized spacial score (nSPS) is 11.0. The van der Waals surface area contributed by atoms with E-state index in [4.69, 9.17) is 22.1 Å². The zero-order valence-corrected chi connectivity index (χ0v) is 14.3. The first-order chi connectivity index (χ1) is 11.5. The number of halogens is 1. The van der Waals surface area contributed by atoms with Gasteiger partial charge in [-0.25, -0.2) is 4.98 Å². The summed E-state index contributed by atoms with van der Waals surface area (Å²) in [5, 5.41) is 0.324. The molecule has 0 saturated carbocycles. The molecule has 1 amide bonds. The van der Waals surface area contributed by atoms with E-state index in [2.05, 4.69) is 4.98 Å². The van der Waals surface area contributed by atoms with Crippen molar-refractivity contribution < 1.29 is 9.53 Å². The molecule has 0 unspecified atom stereocenters. The first-order valence-electron chi connectivity index (χ1n) is 7.79. The van der Waals surface area contributed by atoms with E-state index in [1.807, 2.05) is 42.7 Å². The number of ether oxygens (including phenoxy) is 1. The van der Waals surface area contributed by atoms with E-state index in [1.165, 1.54) is 0 Å². The third-order valence-corrected chi connectivity index (χ3v) is 4.11. The highest BCUT2D eigenvalue weighted by atomic mass is 35.5. The molecule has 5 nitrogen and oxygen atoms in total. The van der Waals surface area contributed by atoms with Crippen LogP contribution < -0.4 is 10.5 Å². The van der Waals surface area contributed by atoms with Gasteiger partial charge in [0.25, 0.3) is 0 Å². The van der Waals surface area contributed by atoms with Crippen LogP contribution in [0.2, 0.25) is 5.02 Å². The summed E-state index contributed by atoms with van der Waals surface area (Å²) in [5.74, 6) is 1.14. The van der Waals surface area contributed by atoms with E-state index < -0.39 is 5.91 Å². The van der Waals surface area contributed by atoms with E-state index in [0.717, 1.165) is 29.2 Å². The maximum atomic E-state index is 11.5. The third-order valence-electron chi connectivity index (χ3n) is 3.80. The maximum Gasteiger partial charge on any atom is 0.250 e. The molecule has 0 radical (unpaired) electrons. The van der Waals surface area contributed by atoms with Crippen LogP contribution in [0.15, 0.2) is 36.4 Å². The Labute approximate surface area is 145 Å². The van der Waals surface area contributed by atoms with Crippen LogP contribution in [0.25, 0.3) is 16.7 Å². The highest BCUT2D eigenvalue weighted by Crippen LogP contribution is 2.28. The fourth-order valence-corrected chi connectivity index (χ4v) is 2.97. The van der Waals surface area contributed by atoms with Gasteiger partial charge in [-0.05, 0) is 43.3 Å². The fraction of sp³-hybridized carbons (Fsp3) is 0.222. The van der Waals surface area contributed by atoms with Gasteiger partial charge >= 0.3 is 0 Å². The molecule has 0 fully saturated rings. The second-order valence-corrected chi connectivity index (χ2v) is 5.74. The molecule has 6 heteroatoms. The molecule has 124 valence electrons. The first-order valence-corrected chi connectivity index (χ1v) is 8.16. The Bertz CT molecular complexity index is 901. The second-order valence-electron chi connectivity index (χ2n) is 5.33. The van der Waals surface area contributed by atoms with Crippen LogP contribution in [-0.2, 0) is 6.42 Å². The topological polar surface area (TPSA) is 70.1 Å². The number of primary amides is 1. The molecule has 1 aromatic heterocycles. The lowest BCUT2D eigenvalue weighted by Crippen LogP contribution is -2.11. The van der Waals surface area contributed by atoms with Gasteiger partial charge in [-0.2, -0.15) is 0 Å². The Balaban J connectivity index is 2.19. The quantitative estimate of drug-likeness (QED) is 0.767. The molecule has 2 N–H and O–H groups in total. The molecule has 0 spiro atoms. The molecule has 24 heavy (non-hydrogen) atoms. The average molecular weight is 344 g/mol. The van der Waals surface area contributed by atoms with Crippen LogP contribution >= 0.6 is 11.6 Å². The zero-order chi connectivity index (χ0) is 17.3. The van der Waals surface area contributed by atoms with Crippen LogP contribution in [0.4, 0.5) is 0 Å². The molecule has 2 aromatic carbocycles. The first kappa shape index (κ1) is 16.3. The molecule has 3 aromatic rings. The molecule has 1 heterocycles. The Morgan fingerprint density at radius 2 is 1.96 bits per heavy atom. The summed E-state index contributed by atoms with van der Waals surface area (Å²) < 4.78 is 7.52. The molecule has 0 aliphatic heterocycles. The van der Waals surface area contributed by atoms with Gasteiger partial charge in [-0.15, -0.1) is 0 Å². The molecular weight excluding hydrogens is 326 g/mol. The molecule has 0 saturated heterocycles. The van der Waals surface area contributed by atoms with Crippen molar-refractivity contribution in [2.75, 3.05) is 6.61 Å². The summed E-state index contributed by atoms with van der Waals surface area (Å²) in [6, 6.07) is 11.2. The number of hydrogen-bond donors (Lipinski definition) is 1. The number of amides is 1. The molecule has 0 aliphatic rings. The number of carbonyl (C=O) groups excluding carboxylic acids is 1. The van der Waals surface area contributed by atoms with Crippen LogP contribution in [0.1, 0.15) is 30.0 Å². The number of carbonyl (C=O) groups is 1. The van der Waals surface area contributed by atoms with Gasteiger partial charge in [0.2, 0.25) is 5.91 Å². The van der Waals surface area contributed by atoms with E-state index in [0.29, 0.717) is 17.1 Å². The lowest BCUT2D eigenvalue weighted by Gasteiger charge is -2.10. The number of fused-ring (bicyclic) bond motifs is 1. The van der Waals surface area contributed by atoms with Crippen LogP contribution in [0.5, 0.6) is 5.75 Å². The van der Waals surface area contributed by atoms with Crippen molar-refractivity contribution in [3.8, 4) is 11.4 Å². The lowest BCUT2D eigenvalue weighted by molar-refractivity contribution is 0.100. The van der Waals surface area contributed by atoms with Crippen molar-refractivity contribution in [2.24, 2.45) is 5.73 Å². The van der Waals surface area contributed by atoms with Gasteiger partial charge in [0, 0.05) is 12.1 Å². The van der Waals surface area contributed by atoms with E-state index in [-0.39, 0.29) is 5.56 Å². The largest absolute Gasteiger partial charge is 0.494 e. The minimum absolute atomic E-state index is 0.281. The van der Waals surface area contributed by atoms with Crippen molar-refractivity contribution in [2.45, 2.75) is 20.3 Å². The number of rotatable bonds is 5. The summed E-state index contributed by atoms with van der Waals surface area (Å²) in [6.07, 6.45) is 0.741. The standard InChI is InChI=1S/C18H18ClN3O2/c1-3-17-21-15-9-13(18(20)23)14(19)10-16(15)22(17)11-5-7-12(8-6-11)24-4-2/h5-10H,3-4H2,1-2H3,(H2,20,23). The van der Waals surface area contributed by atoms with Crippen molar-refractivity contribution in [1.29, 1.82) is 0 Å². The predicted octanol–water partition coefficient (Wildman–Crippen LogP) is 3.74. The van der Waals surface area contributed by atoms with E-state index >= 15 is 0 Å². The van der Waals surface area contributed by atoms with Crippen molar-refractivity contribution >= 4 is 28.5 Å². The summed E-state index contributed by atoms with van der Waals surface area (Å²) >= 11 is 6.21. The van der Waals surface area contributed by atoms with Crippen molar-refractivity contribution in [3.05, 3.63) is 52.8 Å². The number of nitrogens with zero attached hydrogens (tertiary/aromatic N) is 2. The number of aromatic nitrogens is 2. The van der Waals surface area contributed by atoms with Crippen LogP contribution in [0.3, 0.4) is 0 Å². The maximum absolute atomic E-state index is 11.5. The Hall–Kier alpha value is -2.53. The van der Waals surface area contributed by atoms with Gasteiger partial charge in [-0.3, -0.25) is 9.36 Å². The highest BCUT2D eigenvalue weighted by molar-refractivity contribution is 6.34. The molecule has 0 atom stereocenters. The molecular formula is C18H18ClN3O2. The number of benzene rings is 2. The summed E-state index contributed by atoms with van der Waals surface area (Å²) in [7, 11) is 0. The smallest absolute Gasteiger partial charge is 0.250 e. The van der Waals surface area contributed by atoms with Gasteiger partial charge < -0.3 is 10.5 Å². The Kier molecular flexibility index (Phi) is 4.44. The summed E-state index contributed by atoms with van der Waals surface area (Å²) in [6.45, 7) is 4.60. The van der Waals surface area contributed by atoms with Gasteiger partial charge in [0.05, 0.1) is 28.2 Å². The highest BCUT2D eigenvalue weighted by Gasteiger charge is 2.16. The number of hydrogen-bond acceptors (Lipinski definition) is 3. The monoisotopic (exact) mass is 343 g/mol. The van der Waals surface area contributed by atoms with E-state index in [1.54, 1.807) is 12.1 Å². The summed E-state index contributed by atoms with van der Waals surface area (Å²) in [5.41, 5.74) is 8.14. The van der Waals surface area contributed by atoms with Gasteiger partial charge in [-0.1, -0.05) is 18.5 Å². The molecule has 3 rings (SSSR count). The van der Waals surface area contributed by atoms with Gasteiger partial charge in [0.15, 0.2) is 0 Å². The Morgan fingerprint density at radius 3 is 2.54 bits per heavy atom. The SMILES string of the molecule is CCOc1ccc(-n2c(CC)nc3cc(C(N)=O)c(Cl)cc32)cc1. The zero-order valence-electron chi connectivity index (χ0n) is 13.5. The number of aryl methyl sites for hydroxylation is 1. The van der Waals surface area contributed by atoms with Crippen LogP contribution in [0, 0.1) is 0 Å². The fourth-order valence-electron chi connectivity index (χ4n) is 2.72. The molecule has 0 aliphatic carbocycles. The average Bonchev–Trinajstić information content (AvgIpc) is 2.92. The predicted molar refractivity (Wildman–Crippen MR) is 95.1 cm³/mol. The van der Waals surface area contributed by atoms with Crippen LogP contribution in [-0.4, -0.2) is 22.1 Å². The number of nitrogens with two attached hydrogens (primary N) is 1. The van der Waals surface area contributed by atoms with Crippen molar-refractivity contribution in [1.82, 2.24) is 9.55 Å². The van der Waals surface area contributed by atoms with Gasteiger partial charge in [0.1, 0.15) is 11.6 Å². The number of imidazole rings is 1. The lowest BCUT2D eigenvalue weighted by atomic mass is 10.2.